The van der Waals surface area contributed by atoms with Crippen molar-refractivity contribution in [2.24, 2.45) is 0 Å². The second kappa shape index (κ2) is 7.41. The Morgan fingerprint density at radius 3 is 3.00 bits per heavy atom. The maximum absolute atomic E-state index is 12.4. The number of anilines is 1. The summed E-state index contributed by atoms with van der Waals surface area (Å²) in [7, 11) is 2.12. The number of likely N-dealkylation sites (tertiary alicyclic amines) is 1. The molecule has 1 saturated heterocycles. The summed E-state index contributed by atoms with van der Waals surface area (Å²) in [5.41, 5.74) is 2.43. The summed E-state index contributed by atoms with van der Waals surface area (Å²) >= 11 is 0. The Morgan fingerprint density at radius 2 is 2.33 bits per heavy atom. The van der Waals surface area contributed by atoms with E-state index in [1.807, 2.05) is 13.0 Å². The minimum atomic E-state index is -0.0404. The largest absolute Gasteiger partial charge is 0.384 e. The summed E-state index contributed by atoms with van der Waals surface area (Å²) < 4.78 is 0. The lowest BCUT2D eigenvalue weighted by atomic mass is 10.1. The van der Waals surface area contributed by atoms with Crippen LogP contribution in [0.2, 0.25) is 0 Å². The minimum Gasteiger partial charge on any atom is -0.384 e. The monoisotopic (exact) mass is 290 g/mol. The molecule has 2 rings (SSSR count). The van der Waals surface area contributed by atoms with Gasteiger partial charge in [0.2, 0.25) is 0 Å². The first-order valence-corrected chi connectivity index (χ1v) is 7.80. The number of pyridine rings is 1. The van der Waals surface area contributed by atoms with Crippen molar-refractivity contribution in [3.63, 3.8) is 0 Å². The van der Waals surface area contributed by atoms with Gasteiger partial charge in [-0.05, 0) is 45.8 Å². The third-order valence-corrected chi connectivity index (χ3v) is 4.02. The molecule has 1 aromatic rings. The smallest absolute Gasteiger partial charge is 0.255 e. The number of aryl methyl sites for hydroxylation is 1. The summed E-state index contributed by atoms with van der Waals surface area (Å²) in [5, 5.41) is 6.36. The molecular weight excluding hydrogens is 264 g/mol. The van der Waals surface area contributed by atoms with E-state index in [1.54, 1.807) is 6.20 Å². The van der Waals surface area contributed by atoms with Crippen LogP contribution in [0.3, 0.4) is 0 Å². The van der Waals surface area contributed by atoms with Crippen molar-refractivity contribution in [1.82, 2.24) is 15.2 Å². The molecule has 5 nitrogen and oxygen atoms in total. The normalized spacial score (nSPS) is 18.7. The van der Waals surface area contributed by atoms with Crippen LogP contribution < -0.4 is 10.6 Å². The maximum atomic E-state index is 12.4. The molecule has 1 aliphatic heterocycles. The van der Waals surface area contributed by atoms with Gasteiger partial charge >= 0.3 is 0 Å². The van der Waals surface area contributed by atoms with Gasteiger partial charge in [0.1, 0.15) is 0 Å². The van der Waals surface area contributed by atoms with Gasteiger partial charge in [0.05, 0.1) is 11.3 Å². The quantitative estimate of drug-likeness (QED) is 0.842. The van der Waals surface area contributed by atoms with Crippen LogP contribution in [0.4, 0.5) is 5.69 Å². The van der Waals surface area contributed by atoms with Gasteiger partial charge in [-0.1, -0.05) is 6.92 Å². The Kier molecular flexibility index (Phi) is 5.56. The Balaban J connectivity index is 2.00. The molecule has 0 aromatic carbocycles. The van der Waals surface area contributed by atoms with E-state index in [4.69, 9.17) is 0 Å². The predicted molar refractivity (Wildman–Crippen MR) is 85.7 cm³/mol. The number of nitrogens with one attached hydrogen (secondary N) is 2. The predicted octanol–water partition coefficient (Wildman–Crippen LogP) is 2.04. The summed E-state index contributed by atoms with van der Waals surface area (Å²) in [6.45, 7) is 6.73. The lowest BCUT2D eigenvalue weighted by molar-refractivity contribution is 0.0944. The van der Waals surface area contributed by atoms with E-state index < -0.39 is 0 Å². The van der Waals surface area contributed by atoms with Gasteiger partial charge in [0.15, 0.2) is 0 Å². The molecule has 21 heavy (non-hydrogen) atoms. The summed E-state index contributed by atoms with van der Waals surface area (Å²) in [4.78, 5) is 19.0. The van der Waals surface area contributed by atoms with Crippen molar-refractivity contribution in [1.29, 1.82) is 0 Å². The Bertz CT molecular complexity index is 489. The van der Waals surface area contributed by atoms with Crippen LogP contribution in [0.5, 0.6) is 0 Å². The highest BCUT2D eigenvalue weighted by Crippen LogP contribution is 2.17. The maximum Gasteiger partial charge on any atom is 0.255 e. The van der Waals surface area contributed by atoms with Crippen LogP contribution in [0, 0.1) is 6.92 Å². The Morgan fingerprint density at radius 1 is 1.52 bits per heavy atom. The number of aromatic nitrogens is 1. The topological polar surface area (TPSA) is 57.3 Å². The molecule has 1 fully saturated rings. The van der Waals surface area contributed by atoms with E-state index in [9.17, 15) is 4.79 Å². The van der Waals surface area contributed by atoms with Gasteiger partial charge in [-0.2, -0.15) is 0 Å². The first kappa shape index (κ1) is 15.8. The molecule has 1 aliphatic rings. The first-order valence-electron chi connectivity index (χ1n) is 7.80. The molecule has 0 bridgehead atoms. The Labute approximate surface area is 127 Å². The van der Waals surface area contributed by atoms with Gasteiger partial charge < -0.3 is 15.5 Å². The average Bonchev–Trinajstić information content (AvgIpc) is 2.88. The minimum absolute atomic E-state index is 0.0404. The number of amides is 1. The highest BCUT2D eigenvalue weighted by Gasteiger charge is 2.22. The first-order chi connectivity index (χ1) is 10.1. The number of hydrogen-bond acceptors (Lipinski definition) is 4. The molecule has 0 aliphatic carbocycles. The van der Waals surface area contributed by atoms with Crippen LogP contribution in [0.25, 0.3) is 0 Å². The number of carbonyl (C=O) groups is 1. The van der Waals surface area contributed by atoms with Crippen molar-refractivity contribution in [3.8, 4) is 0 Å². The molecule has 0 saturated carbocycles. The van der Waals surface area contributed by atoms with Gasteiger partial charge in [-0.15, -0.1) is 0 Å². The lowest BCUT2D eigenvalue weighted by Crippen LogP contribution is -2.38. The van der Waals surface area contributed by atoms with E-state index in [0.717, 1.165) is 37.3 Å². The van der Waals surface area contributed by atoms with Crippen LogP contribution in [-0.4, -0.2) is 48.5 Å². The van der Waals surface area contributed by atoms with Crippen molar-refractivity contribution in [2.45, 2.75) is 39.2 Å². The molecule has 2 heterocycles. The average molecular weight is 290 g/mol. The second-order valence-corrected chi connectivity index (χ2v) is 5.78. The van der Waals surface area contributed by atoms with Crippen LogP contribution >= 0.6 is 0 Å². The molecule has 0 radical (unpaired) electrons. The highest BCUT2D eigenvalue weighted by molar-refractivity contribution is 5.99. The fourth-order valence-electron chi connectivity index (χ4n) is 2.69. The fraction of sp³-hybridized carbons (Fsp3) is 0.625. The molecule has 2 N–H and O–H groups in total. The molecular formula is C16H26N4O. The van der Waals surface area contributed by atoms with E-state index in [1.165, 1.54) is 6.42 Å². The summed E-state index contributed by atoms with van der Waals surface area (Å²) in [6.07, 6.45) is 5.06. The zero-order valence-corrected chi connectivity index (χ0v) is 13.3. The zero-order valence-electron chi connectivity index (χ0n) is 13.3. The van der Waals surface area contributed by atoms with E-state index in [0.29, 0.717) is 18.2 Å². The van der Waals surface area contributed by atoms with E-state index in [2.05, 4.69) is 34.5 Å². The zero-order chi connectivity index (χ0) is 15.2. The third-order valence-electron chi connectivity index (χ3n) is 4.02. The van der Waals surface area contributed by atoms with E-state index in [-0.39, 0.29) is 5.91 Å². The summed E-state index contributed by atoms with van der Waals surface area (Å²) in [5.74, 6) is -0.0404. The number of hydrogen-bond donors (Lipinski definition) is 2. The van der Waals surface area contributed by atoms with Crippen molar-refractivity contribution < 1.29 is 4.79 Å². The lowest BCUT2D eigenvalue weighted by Gasteiger charge is -2.20. The number of carbonyl (C=O) groups excluding carboxylic acids is 1. The van der Waals surface area contributed by atoms with Gasteiger partial charge in [-0.3, -0.25) is 9.78 Å². The van der Waals surface area contributed by atoms with Crippen molar-refractivity contribution in [2.75, 3.05) is 32.0 Å². The number of likely N-dealkylation sites (N-methyl/N-ethyl adjacent to an activating group) is 1. The standard InChI is InChI=1S/C16H26N4O/c1-4-7-17-15-9-12(2)18-11-14(15)16(21)19-10-13-6-5-8-20(13)3/h9,11,13H,4-8,10H2,1-3H3,(H,17,18)(H,19,21). The van der Waals surface area contributed by atoms with Gasteiger partial charge in [0.25, 0.3) is 5.91 Å². The van der Waals surface area contributed by atoms with Crippen molar-refractivity contribution in [3.05, 3.63) is 23.5 Å². The van der Waals surface area contributed by atoms with Crippen LogP contribution in [0.1, 0.15) is 42.2 Å². The van der Waals surface area contributed by atoms with Gasteiger partial charge in [-0.25, -0.2) is 0 Å². The Hall–Kier alpha value is -1.62. The second-order valence-electron chi connectivity index (χ2n) is 5.78. The molecule has 1 atom stereocenters. The van der Waals surface area contributed by atoms with Crippen LogP contribution in [-0.2, 0) is 0 Å². The molecule has 1 aromatic heterocycles. The molecule has 5 heteroatoms. The number of nitrogens with zero attached hydrogens (tertiary/aromatic N) is 2. The van der Waals surface area contributed by atoms with Gasteiger partial charge in [0, 0.05) is 31.0 Å². The van der Waals surface area contributed by atoms with E-state index >= 15 is 0 Å². The van der Waals surface area contributed by atoms with Crippen LogP contribution in [0.15, 0.2) is 12.3 Å². The molecule has 116 valence electrons. The fourth-order valence-corrected chi connectivity index (χ4v) is 2.69. The summed E-state index contributed by atoms with van der Waals surface area (Å²) in [6, 6.07) is 2.39. The molecule has 1 amide bonds. The number of rotatable bonds is 6. The molecule has 0 spiro atoms. The third kappa shape index (κ3) is 4.17. The highest BCUT2D eigenvalue weighted by atomic mass is 16.1. The van der Waals surface area contributed by atoms with Crippen molar-refractivity contribution >= 4 is 11.6 Å². The SMILES string of the molecule is CCCNc1cc(C)ncc1C(=O)NCC1CCCN1C. The molecule has 1 unspecified atom stereocenters.